The first kappa shape index (κ1) is 18.2. The second-order valence-corrected chi connectivity index (χ2v) is 5.98. The van der Waals surface area contributed by atoms with E-state index in [0.717, 1.165) is 24.0 Å². The van der Waals surface area contributed by atoms with Crippen LogP contribution in [0, 0.1) is 11.3 Å². The van der Waals surface area contributed by atoms with E-state index in [4.69, 9.17) is 9.89 Å². The standard InChI is InChI=1S/C17H19N7O3/c1-2-19-14(25)9-20-16-15(23-27-24-16)17(22-26)21-13-6-5-11-4-3-10(8-18)7-12(11)13/h3-4,7,13,26H,2,5-6,9H2,1H3,(H,19,25)(H,20,24)(H,21,22). The smallest absolute Gasteiger partial charge is 0.239 e. The van der Waals surface area contributed by atoms with Crippen LogP contribution in [-0.4, -0.2) is 40.4 Å². The minimum Gasteiger partial charge on any atom is -0.409 e. The lowest BCUT2D eigenvalue weighted by Crippen LogP contribution is -2.31. The van der Waals surface area contributed by atoms with Crippen LogP contribution >= 0.6 is 0 Å². The molecule has 10 nitrogen and oxygen atoms in total. The number of carbonyl (C=O) groups is 1. The van der Waals surface area contributed by atoms with Crippen LogP contribution in [0.2, 0.25) is 0 Å². The summed E-state index contributed by atoms with van der Waals surface area (Å²) in [6, 6.07) is 7.52. The summed E-state index contributed by atoms with van der Waals surface area (Å²) in [6.45, 7) is 2.31. The Balaban J connectivity index is 1.74. The number of aryl methyl sites for hydroxylation is 1. The Morgan fingerprint density at radius 2 is 2.33 bits per heavy atom. The predicted molar refractivity (Wildman–Crippen MR) is 95.1 cm³/mol. The number of benzene rings is 1. The molecule has 0 aliphatic heterocycles. The molecule has 1 aliphatic rings. The van der Waals surface area contributed by atoms with Crippen molar-refractivity contribution in [1.29, 1.82) is 5.26 Å². The molecule has 0 saturated heterocycles. The van der Waals surface area contributed by atoms with Gasteiger partial charge in [-0.1, -0.05) is 11.2 Å². The number of nitrogens with zero attached hydrogens (tertiary/aromatic N) is 4. The second-order valence-electron chi connectivity index (χ2n) is 5.98. The van der Waals surface area contributed by atoms with Crippen LogP contribution in [0.5, 0.6) is 0 Å². The molecule has 0 bridgehead atoms. The first-order valence-corrected chi connectivity index (χ1v) is 8.51. The number of likely N-dealkylation sites (N-methyl/N-ethyl adjacent to an activating group) is 1. The van der Waals surface area contributed by atoms with Crippen molar-refractivity contribution < 1.29 is 14.6 Å². The van der Waals surface area contributed by atoms with Crippen molar-refractivity contribution in [3.8, 4) is 6.07 Å². The number of nitriles is 1. The van der Waals surface area contributed by atoms with Crippen LogP contribution in [-0.2, 0) is 11.2 Å². The lowest BCUT2D eigenvalue weighted by atomic mass is 10.0. The Bertz CT molecular complexity index is 900. The van der Waals surface area contributed by atoms with Gasteiger partial charge in [0.05, 0.1) is 24.2 Å². The minimum absolute atomic E-state index is 0.0223. The molecule has 1 heterocycles. The lowest BCUT2D eigenvalue weighted by molar-refractivity contribution is -0.119. The molecule has 3 rings (SSSR count). The van der Waals surface area contributed by atoms with Gasteiger partial charge in [-0.25, -0.2) is 4.63 Å². The van der Waals surface area contributed by atoms with Gasteiger partial charge in [-0.3, -0.25) is 4.79 Å². The Hall–Kier alpha value is -3.61. The molecule has 0 fully saturated rings. The third-order valence-corrected chi connectivity index (χ3v) is 4.27. The summed E-state index contributed by atoms with van der Waals surface area (Å²) in [5.41, 5.74) is 2.84. The van der Waals surface area contributed by atoms with Gasteiger partial charge in [0.15, 0.2) is 11.5 Å². The number of hydrogen-bond acceptors (Lipinski definition) is 8. The minimum atomic E-state index is -0.212. The van der Waals surface area contributed by atoms with E-state index in [-0.39, 0.29) is 35.8 Å². The number of rotatable bonds is 6. The molecule has 0 saturated carbocycles. The number of aromatic nitrogens is 2. The third-order valence-electron chi connectivity index (χ3n) is 4.27. The van der Waals surface area contributed by atoms with E-state index in [0.29, 0.717) is 12.1 Å². The number of carbonyl (C=O) groups excluding carboxylic acids is 1. The number of amidine groups is 1. The van der Waals surface area contributed by atoms with Gasteiger partial charge < -0.3 is 21.2 Å². The van der Waals surface area contributed by atoms with Crippen molar-refractivity contribution in [2.24, 2.45) is 5.16 Å². The molecule has 0 radical (unpaired) electrons. The number of oxime groups is 1. The van der Waals surface area contributed by atoms with E-state index in [1.807, 2.05) is 19.1 Å². The highest BCUT2D eigenvalue weighted by Gasteiger charge is 2.27. The Labute approximate surface area is 155 Å². The monoisotopic (exact) mass is 369 g/mol. The van der Waals surface area contributed by atoms with Crippen LogP contribution < -0.4 is 16.0 Å². The topological polar surface area (TPSA) is 148 Å². The van der Waals surface area contributed by atoms with Crippen molar-refractivity contribution in [2.45, 2.75) is 25.8 Å². The van der Waals surface area contributed by atoms with Crippen molar-refractivity contribution in [2.75, 3.05) is 18.4 Å². The van der Waals surface area contributed by atoms with Crippen molar-refractivity contribution in [3.63, 3.8) is 0 Å². The summed E-state index contributed by atoms with van der Waals surface area (Å²) in [4.78, 5) is 11.6. The van der Waals surface area contributed by atoms with E-state index in [2.05, 4.69) is 37.5 Å². The summed E-state index contributed by atoms with van der Waals surface area (Å²) in [5.74, 6) is 0.0380. The van der Waals surface area contributed by atoms with Crippen molar-refractivity contribution >= 4 is 17.6 Å². The van der Waals surface area contributed by atoms with E-state index in [9.17, 15) is 10.0 Å². The predicted octanol–water partition coefficient (Wildman–Crippen LogP) is 0.902. The van der Waals surface area contributed by atoms with Crippen LogP contribution in [0.3, 0.4) is 0 Å². The number of nitrogens with one attached hydrogen (secondary N) is 3. The van der Waals surface area contributed by atoms with Crippen LogP contribution in [0.1, 0.15) is 41.8 Å². The fourth-order valence-corrected chi connectivity index (χ4v) is 3.02. The largest absolute Gasteiger partial charge is 0.409 e. The average molecular weight is 369 g/mol. The molecular formula is C17H19N7O3. The molecule has 1 atom stereocenters. The summed E-state index contributed by atoms with van der Waals surface area (Å²) >= 11 is 0. The number of fused-ring (bicyclic) bond motifs is 1. The molecule has 10 heteroatoms. The van der Waals surface area contributed by atoms with Crippen LogP contribution in [0.25, 0.3) is 0 Å². The Morgan fingerprint density at radius 1 is 1.48 bits per heavy atom. The van der Waals surface area contributed by atoms with Crippen LogP contribution in [0.4, 0.5) is 5.82 Å². The highest BCUT2D eigenvalue weighted by molar-refractivity contribution is 6.01. The molecule has 27 heavy (non-hydrogen) atoms. The van der Waals surface area contributed by atoms with Crippen molar-refractivity contribution in [1.82, 2.24) is 20.9 Å². The number of anilines is 1. The zero-order valence-corrected chi connectivity index (χ0v) is 14.7. The maximum Gasteiger partial charge on any atom is 0.239 e. The fraction of sp³-hybridized carbons (Fsp3) is 0.353. The third kappa shape index (κ3) is 3.98. The zero-order chi connectivity index (χ0) is 19.2. The van der Waals surface area contributed by atoms with Crippen LogP contribution in [0.15, 0.2) is 28.0 Å². The van der Waals surface area contributed by atoms with E-state index < -0.39 is 0 Å². The summed E-state index contributed by atoms with van der Waals surface area (Å²) < 4.78 is 4.72. The summed E-state index contributed by atoms with van der Waals surface area (Å²) in [6.07, 6.45) is 1.62. The van der Waals surface area contributed by atoms with Gasteiger partial charge in [-0.15, -0.1) is 0 Å². The number of hydrogen-bond donors (Lipinski definition) is 4. The maximum atomic E-state index is 11.6. The summed E-state index contributed by atoms with van der Waals surface area (Å²) in [5, 5.41) is 37.9. The molecule has 1 aliphatic carbocycles. The molecule has 4 N–H and O–H groups in total. The quantitative estimate of drug-likeness (QED) is 0.254. The van der Waals surface area contributed by atoms with Gasteiger partial charge in [0.25, 0.3) is 0 Å². The van der Waals surface area contributed by atoms with Gasteiger partial charge in [0, 0.05) is 6.54 Å². The molecular weight excluding hydrogens is 350 g/mol. The second kappa shape index (κ2) is 8.18. The average Bonchev–Trinajstić information content (AvgIpc) is 3.31. The van der Waals surface area contributed by atoms with Gasteiger partial charge in [0.1, 0.15) is 0 Å². The van der Waals surface area contributed by atoms with E-state index in [1.54, 1.807) is 6.07 Å². The molecule has 1 aromatic heterocycles. The van der Waals surface area contributed by atoms with Gasteiger partial charge in [-0.05, 0) is 53.3 Å². The molecule has 1 aromatic carbocycles. The highest BCUT2D eigenvalue weighted by Crippen LogP contribution is 2.32. The fourth-order valence-electron chi connectivity index (χ4n) is 3.02. The van der Waals surface area contributed by atoms with Gasteiger partial charge in [0.2, 0.25) is 11.7 Å². The maximum absolute atomic E-state index is 11.6. The molecule has 140 valence electrons. The van der Waals surface area contributed by atoms with E-state index >= 15 is 0 Å². The molecule has 2 aromatic rings. The molecule has 0 spiro atoms. The normalized spacial score (nSPS) is 15.7. The Kier molecular flexibility index (Phi) is 5.51. The first-order valence-electron chi connectivity index (χ1n) is 8.51. The lowest BCUT2D eigenvalue weighted by Gasteiger charge is -2.15. The van der Waals surface area contributed by atoms with Gasteiger partial charge >= 0.3 is 0 Å². The number of amides is 1. The van der Waals surface area contributed by atoms with E-state index in [1.165, 1.54) is 0 Å². The summed E-state index contributed by atoms with van der Waals surface area (Å²) in [7, 11) is 0. The van der Waals surface area contributed by atoms with Gasteiger partial charge in [-0.2, -0.15) is 5.26 Å². The highest BCUT2D eigenvalue weighted by atomic mass is 16.6. The molecule has 1 unspecified atom stereocenters. The SMILES string of the molecule is CCNC(=O)CNc1nonc1/C(=N\O)NC1CCc2ccc(C#N)cc21. The van der Waals surface area contributed by atoms with Crippen molar-refractivity contribution in [3.05, 3.63) is 40.6 Å². The first-order chi connectivity index (χ1) is 13.2. The Morgan fingerprint density at radius 3 is 3.07 bits per heavy atom. The molecule has 1 amide bonds. The zero-order valence-electron chi connectivity index (χ0n) is 14.7.